The highest BCUT2D eigenvalue weighted by Crippen LogP contribution is 2.29. The van der Waals surface area contributed by atoms with E-state index >= 15 is 0 Å². The molecule has 0 aliphatic carbocycles. The molecule has 0 saturated heterocycles. The second-order valence-electron chi connectivity index (χ2n) is 9.63. The van der Waals surface area contributed by atoms with Crippen molar-refractivity contribution in [1.29, 1.82) is 0 Å². The molecule has 0 N–H and O–H groups in total. The van der Waals surface area contributed by atoms with Gasteiger partial charge in [-0.15, -0.1) is 11.3 Å². The molecule has 4 rings (SSSR count). The summed E-state index contributed by atoms with van der Waals surface area (Å²) in [6.07, 6.45) is 2.08. The van der Waals surface area contributed by atoms with Crippen LogP contribution in [0.1, 0.15) is 60.1 Å². The van der Waals surface area contributed by atoms with E-state index in [1.165, 1.54) is 32.0 Å². The lowest BCUT2D eigenvalue weighted by Gasteiger charge is -2.23. The molecule has 3 heteroatoms. The van der Waals surface area contributed by atoms with Crippen LogP contribution in [0.2, 0.25) is 0 Å². The predicted molar refractivity (Wildman–Crippen MR) is 140 cm³/mol. The SMILES string of the molecule is C.CC(C)(C)n1ccc2ccsc2c1=S.Cc1cc2ccccc2cc1C(C)(C)C. The Balaban J connectivity index is 0.000000207. The number of benzene rings is 2. The number of aromatic nitrogens is 1. The molecule has 0 amide bonds. The summed E-state index contributed by atoms with van der Waals surface area (Å²) >= 11 is 7.19. The number of fused-ring (bicyclic) bond motifs is 2. The van der Waals surface area contributed by atoms with Gasteiger partial charge in [0, 0.05) is 11.7 Å². The molecule has 2 aromatic carbocycles. The summed E-state index contributed by atoms with van der Waals surface area (Å²) in [4.78, 5) is 0. The average Bonchev–Trinajstić information content (AvgIpc) is 3.09. The van der Waals surface area contributed by atoms with Crippen molar-refractivity contribution >= 4 is 44.4 Å². The van der Waals surface area contributed by atoms with Gasteiger partial charge in [-0.05, 0) is 77.9 Å². The monoisotopic (exact) mass is 437 g/mol. The summed E-state index contributed by atoms with van der Waals surface area (Å²) < 4.78 is 4.32. The van der Waals surface area contributed by atoms with Gasteiger partial charge in [0.2, 0.25) is 0 Å². The van der Waals surface area contributed by atoms with Crippen molar-refractivity contribution in [3.05, 3.63) is 75.9 Å². The highest BCUT2D eigenvalue weighted by Gasteiger charge is 2.16. The maximum atomic E-state index is 5.47. The van der Waals surface area contributed by atoms with Crippen LogP contribution in [0.15, 0.2) is 60.1 Å². The Labute approximate surface area is 191 Å². The zero-order valence-electron chi connectivity index (χ0n) is 18.5. The van der Waals surface area contributed by atoms with Crippen LogP contribution in [0.5, 0.6) is 0 Å². The predicted octanol–water partition coefficient (Wildman–Crippen LogP) is 9.27. The van der Waals surface area contributed by atoms with Crippen LogP contribution in [0.25, 0.3) is 20.9 Å². The Hall–Kier alpha value is -1.97. The molecule has 30 heavy (non-hydrogen) atoms. The maximum Gasteiger partial charge on any atom is 0.124 e. The van der Waals surface area contributed by atoms with E-state index < -0.39 is 0 Å². The standard InChI is InChI=1S/C15H18.C11H13NS2.CH4/c1-11-9-12-7-5-6-8-13(12)10-14(11)15(2,3)4;1-11(2,3)12-6-4-8-5-7-14-9(8)10(12)13;/h5-10H,1-4H3;4-7H,1-3H3;1H4. The number of rotatable bonds is 0. The minimum atomic E-state index is 0. The molecule has 2 heterocycles. The third-order valence-electron chi connectivity index (χ3n) is 5.14. The Kier molecular flexibility index (Phi) is 7.32. The third-order valence-corrected chi connectivity index (χ3v) is 6.60. The number of pyridine rings is 1. The molecule has 1 nitrogen and oxygen atoms in total. The van der Waals surface area contributed by atoms with Gasteiger partial charge in [0.15, 0.2) is 0 Å². The van der Waals surface area contributed by atoms with Crippen molar-refractivity contribution in [2.45, 2.75) is 66.8 Å². The fourth-order valence-corrected chi connectivity index (χ4v) is 5.07. The van der Waals surface area contributed by atoms with Crippen molar-refractivity contribution in [2.24, 2.45) is 0 Å². The van der Waals surface area contributed by atoms with Crippen LogP contribution in [-0.2, 0) is 11.0 Å². The van der Waals surface area contributed by atoms with Crippen molar-refractivity contribution in [1.82, 2.24) is 4.57 Å². The van der Waals surface area contributed by atoms with Gasteiger partial charge in [-0.25, -0.2) is 0 Å². The Bertz CT molecular complexity index is 1200. The molecule has 0 unspecified atom stereocenters. The van der Waals surface area contributed by atoms with E-state index in [1.807, 2.05) is 0 Å². The molecule has 160 valence electrons. The number of hydrogen-bond acceptors (Lipinski definition) is 2. The first-order valence-corrected chi connectivity index (χ1v) is 11.4. The topological polar surface area (TPSA) is 4.93 Å². The number of thiophene rings is 1. The van der Waals surface area contributed by atoms with E-state index in [4.69, 9.17) is 12.2 Å². The molecular weight excluding hydrogens is 402 g/mol. The minimum Gasteiger partial charge on any atom is -0.333 e. The molecule has 0 fully saturated rings. The van der Waals surface area contributed by atoms with Gasteiger partial charge in [0.1, 0.15) is 4.64 Å². The molecule has 0 bridgehead atoms. The molecular formula is C27H35NS2. The van der Waals surface area contributed by atoms with Gasteiger partial charge in [0.05, 0.1) is 4.70 Å². The summed E-state index contributed by atoms with van der Waals surface area (Å²) in [6, 6.07) is 17.4. The smallest absolute Gasteiger partial charge is 0.124 e. The zero-order chi connectivity index (χ0) is 21.4. The molecule has 0 saturated carbocycles. The van der Waals surface area contributed by atoms with Crippen LogP contribution >= 0.6 is 23.6 Å². The van der Waals surface area contributed by atoms with E-state index in [0.29, 0.717) is 0 Å². The highest BCUT2D eigenvalue weighted by molar-refractivity contribution is 7.71. The second-order valence-corrected chi connectivity index (χ2v) is 10.9. The van der Waals surface area contributed by atoms with Crippen molar-refractivity contribution in [2.75, 3.05) is 0 Å². The summed E-state index contributed by atoms with van der Waals surface area (Å²) in [5, 5.41) is 6.02. The number of aryl methyl sites for hydroxylation is 1. The average molecular weight is 438 g/mol. The van der Waals surface area contributed by atoms with E-state index in [1.54, 1.807) is 11.3 Å². The first-order chi connectivity index (χ1) is 13.5. The Morgan fingerprint density at radius 1 is 0.833 bits per heavy atom. The maximum absolute atomic E-state index is 5.47. The van der Waals surface area contributed by atoms with Gasteiger partial charge in [-0.3, -0.25) is 0 Å². The summed E-state index contributed by atoms with van der Waals surface area (Å²) in [6.45, 7) is 15.5. The highest BCUT2D eigenvalue weighted by atomic mass is 32.1. The van der Waals surface area contributed by atoms with Crippen LogP contribution < -0.4 is 0 Å². The van der Waals surface area contributed by atoms with Crippen molar-refractivity contribution in [3.63, 3.8) is 0 Å². The quantitative estimate of drug-likeness (QED) is 0.248. The first kappa shape index (κ1) is 24.3. The van der Waals surface area contributed by atoms with Gasteiger partial charge < -0.3 is 4.57 Å². The van der Waals surface area contributed by atoms with Crippen molar-refractivity contribution < 1.29 is 0 Å². The molecule has 4 aromatic rings. The molecule has 0 aliphatic heterocycles. The van der Waals surface area contributed by atoms with E-state index in [9.17, 15) is 0 Å². The fourth-order valence-electron chi connectivity index (χ4n) is 3.65. The third kappa shape index (κ3) is 5.19. The lowest BCUT2D eigenvalue weighted by atomic mass is 9.83. The summed E-state index contributed by atoms with van der Waals surface area (Å²) in [5.74, 6) is 0. The molecule has 0 atom stereocenters. The second kappa shape index (κ2) is 9.03. The number of hydrogen-bond donors (Lipinski definition) is 0. The molecule has 0 radical (unpaired) electrons. The lowest BCUT2D eigenvalue weighted by molar-refractivity contribution is 0.392. The fraction of sp³-hybridized carbons (Fsp3) is 0.370. The normalized spacial score (nSPS) is 11.7. The van der Waals surface area contributed by atoms with Gasteiger partial charge in [-0.2, -0.15) is 0 Å². The molecule has 2 aromatic heterocycles. The van der Waals surface area contributed by atoms with Crippen LogP contribution in [0.3, 0.4) is 0 Å². The largest absolute Gasteiger partial charge is 0.333 e. The molecule has 0 spiro atoms. The van der Waals surface area contributed by atoms with Gasteiger partial charge in [0.25, 0.3) is 0 Å². The molecule has 0 aliphatic rings. The van der Waals surface area contributed by atoms with E-state index in [2.05, 4.69) is 113 Å². The van der Waals surface area contributed by atoms with Gasteiger partial charge >= 0.3 is 0 Å². The van der Waals surface area contributed by atoms with Gasteiger partial charge in [-0.1, -0.05) is 76.8 Å². The minimum absolute atomic E-state index is 0. The lowest BCUT2D eigenvalue weighted by Crippen LogP contribution is -2.22. The Morgan fingerprint density at radius 3 is 2.00 bits per heavy atom. The summed E-state index contributed by atoms with van der Waals surface area (Å²) in [7, 11) is 0. The number of nitrogens with zero attached hydrogens (tertiary/aromatic N) is 1. The summed E-state index contributed by atoms with van der Waals surface area (Å²) in [5.41, 5.74) is 3.13. The van der Waals surface area contributed by atoms with E-state index in [0.717, 1.165) is 4.64 Å². The van der Waals surface area contributed by atoms with Crippen LogP contribution in [-0.4, -0.2) is 4.57 Å². The van der Waals surface area contributed by atoms with Crippen LogP contribution in [0, 0.1) is 11.6 Å². The van der Waals surface area contributed by atoms with Crippen LogP contribution in [0.4, 0.5) is 0 Å². The Morgan fingerprint density at radius 2 is 1.43 bits per heavy atom. The van der Waals surface area contributed by atoms with Crippen molar-refractivity contribution in [3.8, 4) is 0 Å². The first-order valence-electron chi connectivity index (χ1n) is 10.1. The van der Waals surface area contributed by atoms with E-state index in [-0.39, 0.29) is 18.4 Å². The zero-order valence-corrected chi connectivity index (χ0v) is 20.2.